The van der Waals surface area contributed by atoms with E-state index in [2.05, 4.69) is 22.8 Å². The highest BCUT2D eigenvalue weighted by atomic mass is 32.2. The summed E-state index contributed by atoms with van der Waals surface area (Å²) in [6.45, 7) is 4.17. The van der Waals surface area contributed by atoms with Gasteiger partial charge >= 0.3 is 5.97 Å². The molecule has 6 nitrogen and oxygen atoms in total. The first kappa shape index (κ1) is 23.0. The SMILES string of the molecule is C1=C(CCCC2=CCCCN2)NCCC1.Cc1ccc(S(=O)(=O)CC(=O)O)cc1. The Hall–Kier alpha value is -2.28. The molecule has 0 saturated carbocycles. The maximum absolute atomic E-state index is 11.4. The summed E-state index contributed by atoms with van der Waals surface area (Å²) in [4.78, 5) is 10.3. The molecule has 0 radical (unpaired) electrons. The van der Waals surface area contributed by atoms with E-state index < -0.39 is 21.6 Å². The Morgan fingerprint density at radius 1 is 0.966 bits per heavy atom. The molecule has 29 heavy (non-hydrogen) atoms. The van der Waals surface area contributed by atoms with Gasteiger partial charge in [-0.3, -0.25) is 4.79 Å². The van der Waals surface area contributed by atoms with Gasteiger partial charge in [0.2, 0.25) is 0 Å². The van der Waals surface area contributed by atoms with E-state index in [1.165, 1.54) is 81.6 Å². The highest BCUT2D eigenvalue weighted by Crippen LogP contribution is 2.15. The molecule has 0 unspecified atom stereocenters. The molecule has 2 heterocycles. The van der Waals surface area contributed by atoms with Crippen LogP contribution in [0.25, 0.3) is 0 Å². The van der Waals surface area contributed by atoms with Gasteiger partial charge in [0.15, 0.2) is 15.6 Å². The lowest BCUT2D eigenvalue weighted by atomic mass is 10.1. The number of hydrogen-bond donors (Lipinski definition) is 3. The lowest BCUT2D eigenvalue weighted by Gasteiger charge is -2.18. The molecule has 0 amide bonds. The van der Waals surface area contributed by atoms with Crippen molar-refractivity contribution >= 4 is 15.8 Å². The van der Waals surface area contributed by atoms with Crippen molar-refractivity contribution in [3.63, 3.8) is 0 Å². The molecule has 0 spiro atoms. The van der Waals surface area contributed by atoms with Gasteiger partial charge in [-0.05, 0) is 64.0 Å². The predicted molar refractivity (Wildman–Crippen MR) is 115 cm³/mol. The molecule has 3 rings (SSSR count). The number of rotatable bonds is 7. The molecule has 1 aromatic carbocycles. The molecule has 0 fully saturated rings. The molecular formula is C22H32N2O4S. The van der Waals surface area contributed by atoms with Gasteiger partial charge in [0.1, 0.15) is 0 Å². The summed E-state index contributed by atoms with van der Waals surface area (Å²) in [5, 5.41) is 15.3. The topological polar surface area (TPSA) is 95.5 Å². The number of carbonyl (C=O) groups is 1. The summed E-state index contributed by atoms with van der Waals surface area (Å²) in [5.41, 5.74) is 3.87. The first-order valence-electron chi connectivity index (χ1n) is 10.2. The Morgan fingerprint density at radius 3 is 1.90 bits per heavy atom. The number of allylic oxidation sites excluding steroid dienone is 4. The molecular weight excluding hydrogens is 388 g/mol. The maximum Gasteiger partial charge on any atom is 0.319 e. The third-order valence-corrected chi connectivity index (χ3v) is 6.45. The molecule has 0 bridgehead atoms. The molecule has 0 saturated heterocycles. The normalized spacial score (nSPS) is 16.3. The zero-order valence-electron chi connectivity index (χ0n) is 17.1. The van der Waals surface area contributed by atoms with Crippen LogP contribution >= 0.6 is 0 Å². The zero-order valence-corrected chi connectivity index (χ0v) is 17.9. The van der Waals surface area contributed by atoms with Gasteiger partial charge in [-0.15, -0.1) is 0 Å². The van der Waals surface area contributed by atoms with Crippen LogP contribution in [0.3, 0.4) is 0 Å². The van der Waals surface area contributed by atoms with E-state index >= 15 is 0 Å². The summed E-state index contributed by atoms with van der Waals surface area (Å²) in [5.74, 6) is -2.21. The van der Waals surface area contributed by atoms with Crippen molar-refractivity contribution in [2.75, 3.05) is 18.8 Å². The van der Waals surface area contributed by atoms with Crippen LogP contribution in [0.15, 0.2) is 52.7 Å². The molecule has 3 N–H and O–H groups in total. The molecule has 0 atom stereocenters. The summed E-state index contributed by atoms with van der Waals surface area (Å²) < 4.78 is 22.7. The fraction of sp³-hybridized carbons (Fsp3) is 0.500. The smallest absolute Gasteiger partial charge is 0.319 e. The van der Waals surface area contributed by atoms with Crippen LogP contribution in [0.1, 0.15) is 50.5 Å². The van der Waals surface area contributed by atoms with E-state index in [9.17, 15) is 13.2 Å². The Labute approximate surface area is 174 Å². The fourth-order valence-corrected chi connectivity index (χ4v) is 4.28. The van der Waals surface area contributed by atoms with Gasteiger partial charge in [0.05, 0.1) is 4.90 Å². The largest absolute Gasteiger partial charge is 0.480 e. The minimum atomic E-state index is -3.68. The molecule has 0 aliphatic carbocycles. The number of benzene rings is 1. The standard InChI is InChI=1S/C13H22N2.C9H10O4S/c1-3-10-14-12(6-1)8-5-9-13-7-2-4-11-15-13;1-7-2-4-8(5-3-7)14(12,13)6-9(10)11/h6-7,14-15H,1-5,8-11H2;2-5H,6H2,1H3,(H,10,11). The zero-order chi connectivity index (χ0) is 21.1. The van der Waals surface area contributed by atoms with Gasteiger partial charge in [-0.1, -0.05) is 29.8 Å². The molecule has 0 aromatic heterocycles. The second-order valence-electron chi connectivity index (χ2n) is 7.42. The van der Waals surface area contributed by atoms with Crippen molar-refractivity contribution in [1.29, 1.82) is 0 Å². The van der Waals surface area contributed by atoms with Crippen LogP contribution in [-0.4, -0.2) is 38.3 Å². The van der Waals surface area contributed by atoms with E-state index in [0.29, 0.717) is 0 Å². The van der Waals surface area contributed by atoms with Gasteiger partial charge in [0, 0.05) is 24.5 Å². The van der Waals surface area contributed by atoms with Crippen LogP contribution < -0.4 is 10.6 Å². The fourth-order valence-electron chi connectivity index (χ4n) is 3.24. The minimum absolute atomic E-state index is 0.0468. The molecule has 2 aliphatic rings. The van der Waals surface area contributed by atoms with E-state index in [0.717, 1.165) is 5.56 Å². The monoisotopic (exact) mass is 420 g/mol. The lowest BCUT2D eigenvalue weighted by molar-refractivity contribution is -0.134. The lowest BCUT2D eigenvalue weighted by Crippen LogP contribution is -2.20. The Bertz CT molecular complexity index is 801. The predicted octanol–water partition coefficient (Wildman–Crippen LogP) is 3.54. The van der Waals surface area contributed by atoms with Crippen LogP contribution in [0.2, 0.25) is 0 Å². The molecule has 2 aliphatic heterocycles. The average Bonchev–Trinajstić information content (AvgIpc) is 2.69. The molecule has 1 aromatic rings. The number of carboxylic acid groups (broad SMARTS) is 1. The molecule has 160 valence electrons. The van der Waals surface area contributed by atoms with E-state index in [1.807, 2.05) is 6.92 Å². The number of carboxylic acids is 1. The second kappa shape index (κ2) is 11.7. The number of sulfone groups is 1. The summed E-state index contributed by atoms with van der Waals surface area (Å²) in [7, 11) is -3.68. The highest BCUT2D eigenvalue weighted by molar-refractivity contribution is 7.92. The summed E-state index contributed by atoms with van der Waals surface area (Å²) >= 11 is 0. The second-order valence-corrected chi connectivity index (χ2v) is 9.41. The Morgan fingerprint density at radius 2 is 1.48 bits per heavy atom. The number of hydrogen-bond acceptors (Lipinski definition) is 5. The third kappa shape index (κ3) is 8.73. The Balaban J connectivity index is 0.000000208. The van der Waals surface area contributed by atoms with Crippen molar-refractivity contribution in [3.05, 3.63) is 53.4 Å². The minimum Gasteiger partial charge on any atom is -0.480 e. The van der Waals surface area contributed by atoms with Crippen molar-refractivity contribution in [1.82, 2.24) is 10.6 Å². The first-order chi connectivity index (χ1) is 13.9. The Kier molecular flexibility index (Phi) is 9.25. The van der Waals surface area contributed by atoms with Crippen molar-refractivity contribution in [2.45, 2.75) is 56.8 Å². The summed E-state index contributed by atoms with van der Waals surface area (Å²) in [6.07, 6.45) is 13.6. The van der Waals surface area contributed by atoms with Crippen molar-refractivity contribution < 1.29 is 18.3 Å². The number of aliphatic carboxylic acids is 1. The van der Waals surface area contributed by atoms with Gasteiger partial charge < -0.3 is 15.7 Å². The van der Waals surface area contributed by atoms with Gasteiger partial charge in [-0.2, -0.15) is 0 Å². The van der Waals surface area contributed by atoms with Crippen molar-refractivity contribution in [2.24, 2.45) is 0 Å². The number of aryl methyl sites for hydroxylation is 1. The van der Waals surface area contributed by atoms with Gasteiger partial charge in [-0.25, -0.2) is 8.42 Å². The quantitative estimate of drug-likeness (QED) is 0.624. The summed E-state index contributed by atoms with van der Waals surface area (Å²) in [6, 6.07) is 6.09. The van der Waals surface area contributed by atoms with Crippen LogP contribution in [0.4, 0.5) is 0 Å². The molecule has 7 heteroatoms. The average molecular weight is 421 g/mol. The van der Waals surface area contributed by atoms with E-state index in [1.54, 1.807) is 12.1 Å². The van der Waals surface area contributed by atoms with E-state index in [-0.39, 0.29) is 4.90 Å². The van der Waals surface area contributed by atoms with Crippen LogP contribution in [-0.2, 0) is 14.6 Å². The van der Waals surface area contributed by atoms with Crippen LogP contribution in [0, 0.1) is 6.92 Å². The highest BCUT2D eigenvalue weighted by Gasteiger charge is 2.18. The van der Waals surface area contributed by atoms with E-state index in [4.69, 9.17) is 5.11 Å². The van der Waals surface area contributed by atoms with Crippen molar-refractivity contribution in [3.8, 4) is 0 Å². The number of nitrogens with one attached hydrogen (secondary N) is 2. The maximum atomic E-state index is 11.4. The first-order valence-corrected chi connectivity index (χ1v) is 11.9. The van der Waals surface area contributed by atoms with Gasteiger partial charge in [0.25, 0.3) is 0 Å². The van der Waals surface area contributed by atoms with Crippen LogP contribution in [0.5, 0.6) is 0 Å². The third-order valence-electron chi connectivity index (χ3n) is 4.83.